The summed E-state index contributed by atoms with van der Waals surface area (Å²) in [6, 6.07) is 8.79. The molecule has 2 heterocycles. The Hall–Kier alpha value is -3.47. The molecule has 1 aliphatic heterocycles. The van der Waals surface area contributed by atoms with E-state index >= 15 is 0 Å². The molecule has 1 atom stereocenters. The zero-order valence-corrected chi connectivity index (χ0v) is 19.4. The SMILES string of the molecule is Cc1ccc(C2=NN(C(=O)NCc3ccc(C(F)(F)F)nc3)CC2N(C)C(=O)CN(C)C)cc1. The third-order valence-electron chi connectivity index (χ3n) is 5.34. The van der Waals surface area contributed by atoms with E-state index in [0.29, 0.717) is 11.3 Å². The van der Waals surface area contributed by atoms with Crippen LogP contribution in [0, 0.1) is 6.92 Å². The number of carbonyl (C=O) groups excluding carboxylic acids is 2. The van der Waals surface area contributed by atoms with Gasteiger partial charge < -0.3 is 15.1 Å². The van der Waals surface area contributed by atoms with Crippen LogP contribution in [0.3, 0.4) is 0 Å². The number of hydrogen-bond acceptors (Lipinski definition) is 5. The second-order valence-electron chi connectivity index (χ2n) is 8.40. The van der Waals surface area contributed by atoms with Crippen LogP contribution < -0.4 is 5.32 Å². The average Bonchev–Trinajstić information content (AvgIpc) is 3.22. The average molecular weight is 477 g/mol. The van der Waals surface area contributed by atoms with Crippen LogP contribution in [0.5, 0.6) is 0 Å². The van der Waals surface area contributed by atoms with E-state index in [2.05, 4.69) is 15.4 Å². The van der Waals surface area contributed by atoms with E-state index in [0.717, 1.165) is 23.4 Å². The zero-order valence-electron chi connectivity index (χ0n) is 19.4. The van der Waals surface area contributed by atoms with Gasteiger partial charge in [0.25, 0.3) is 0 Å². The highest BCUT2D eigenvalue weighted by Crippen LogP contribution is 2.27. The molecule has 1 unspecified atom stereocenters. The largest absolute Gasteiger partial charge is 0.433 e. The highest BCUT2D eigenvalue weighted by molar-refractivity contribution is 6.07. The topological polar surface area (TPSA) is 81.1 Å². The molecular formula is C23H27F3N6O2. The molecule has 1 N–H and O–H groups in total. The van der Waals surface area contributed by atoms with Gasteiger partial charge in [0.1, 0.15) is 5.69 Å². The van der Waals surface area contributed by atoms with Gasteiger partial charge in [-0.2, -0.15) is 18.3 Å². The predicted octanol–water partition coefficient (Wildman–Crippen LogP) is 2.73. The molecule has 1 aromatic carbocycles. The van der Waals surface area contributed by atoms with Gasteiger partial charge >= 0.3 is 12.2 Å². The molecule has 0 spiro atoms. The summed E-state index contributed by atoms with van der Waals surface area (Å²) in [4.78, 5) is 32.2. The number of hydrogen-bond donors (Lipinski definition) is 1. The number of amides is 3. The van der Waals surface area contributed by atoms with E-state index in [1.807, 2.05) is 31.2 Å². The summed E-state index contributed by atoms with van der Waals surface area (Å²) < 4.78 is 38.0. The lowest BCUT2D eigenvalue weighted by atomic mass is 10.0. The van der Waals surface area contributed by atoms with Gasteiger partial charge in [0.15, 0.2) is 0 Å². The van der Waals surface area contributed by atoms with Crippen LogP contribution >= 0.6 is 0 Å². The van der Waals surface area contributed by atoms with Crippen molar-refractivity contribution in [1.29, 1.82) is 0 Å². The predicted molar refractivity (Wildman–Crippen MR) is 121 cm³/mol. The van der Waals surface area contributed by atoms with Crippen LogP contribution in [0.4, 0.5) is 18.0 Å². The number of halogens is 3. The number of benzene rings is 1. The second-order valence-corrected chi connectivity index (χ2v) is 8.40. The van der Waals surface area contributed by atoms with E-state index in [4.69, 9.17) is 0 Å². The van der Waals surface area contributed by atoms with Crippen molar-refractivity contribution >= 4 is 17.6 Å². The van der Waals surface area contributed by atoms with Gasteiger partial charge in [0, 0.05) is 19.8 Å². The monoisotopic (exact) mass is 476 g/mol. The van der Waals surface area contributed by atoms with Crippen LogP contribution in [0.25, 0.3) is 0 Å². The molecule has 2 aromatic rings. The number of urea groups is 1. The lowest BCUT2D eigenvalue weighted by molar-refractivity contribution is -0.141. The van der Waals surface area contributed by atoms with Crippen LogP contribution in [0.1, 0.15) is 22.4 Å². The summed E-state index contributed by atoms with van der Waals surface area (Å²) in [5.41, 5.74) is 1.86. The number of pyridine rings is 1. The number of carbonyl (C=O) groups is 2. The van der Waals surface area contributed by atoms with Gasteiger partial charge in [0.05, 0.1) is 24.8 Å². The number of aryl methyl sites for hydroxylation is 1. The van der Waals surface area contributed by atoms with E-state index in [1.165, 1.54) is 11.1 Å². The number of rotatable bonds is 6. The Morgan fingerprint density at radius 2 is 1.79 bits per heavy atom. The molecule has 0 aliphatic carbocycles. The van der Waals surface area contributed by atoms with Crippen LogP contribution in [-0.4, -0.2) is 77.7 Å². The Labute approximate surface area is 196 Å². The maximum Gasteiger partial charge on any atom is 0.433 e. The van der Waals surface area contributed by atoms with Crippen LogP contribution in [-0.2, 0) is 17.5 Å². The summed E-state index contributed by atoms with van der Waals surface area (Å²) in [7, 11) is 5.27. The first-order valence-corrected chi connectivity index (χ1v) is 10.6. The Balaban J connectivity index is 1.74. The maximum absolute atomic E-state index is 12.8. The van der Waals surface area contributed by atoms with Crippen molar-refractivity contribution in [1.82, 2.24) is 25.1 Å². The van der Waals surface area contributed by atoms with Gasteiger partial charge in [-0.05, 0) is 38.2 Å². The summed E-state index contributed by atoms with van der Waals surface area (Å²) in [6.07, 6.45) is -3.45. The highest BCUT2D eigenvalue weighted by atomic mass is 19.4. The molecular weight excluding hydrogens is 449 g/mol. The van der Waals surface area contributed by atoms with Gasteiger partial charge in [-0.1, -0.05) is 35.9 Å². The standard InChI is InChI=1S/C23H27F3N6O2/c1-15-5-8-17(9-6-15)21-18(31(4)20(33)14-30(2)3)13-32(29-21)22(34)28-12-16-7-10-19(27-11-16)23(24,25)26/h5-11,18H,12-14H2,1-4H3,(H,28,34). The van der Waals surface area contributed by atoms with Crippen molar-refractivity contribution < 1.29 is 22.8 Å². The first kappa shape index (κ1) is 25.2. The summed E-state index contributed by atoms with van der Waals surface area (Å²) in [5.74, 6) is -0.118. The normalized spacial score (nSPS) is 15.9. The number of aromatic nitrogens is 1. The van der Waals surface area contributed by atoms with Gasteiger partial charge in [-0.15, -0.1) is 0 Å². The number of alkyl halides is 3. The van der Waals surface area contributed by atoms with Gasteiger partial charge in [0.2, 0.25) is 5.91 Å². The van der Waals surface area contributed by atoms with E-state index in [9.17, 15) is 22.8 Å². The molecule has 0 saturated carbocycles. The third kappa shape index (κ3) is 6.10. The number of likely N-dealkylation sites (N-methyl/N-ethyl adjacent to an activating group) is 2. The fraction of sp³-hybridized carbons (Fsp3) is 0.391. The molecule has 0 saturated heterocycles. The minimum atomic E-state index is -4.52. The maximum atomic E-state index is 12.8. The summed E-state index contributed by atoms with van der Waals surface area (Å²) >= 11 is 0. The quantitative estimate of drug-likeness (QED) is 0.695. The van der Waals surface area contributed by atoms with Gasteiger partial charge in [-0.3, -0.25) is 9.78 Å². The lowest BCUT2D eigenvalue weighted by Gasteiger charge is -2.27. The fourth-order valence-electron chi connectivity index (χ4n) is 3.42. The fourth-order valence-corrected chi connectivity index (χ4v) is 3.42. The summed E-state index contributed by atoms with van der Waals surface area (Å²) in [6.45, 7) is 2.30. The molecule has 1 aliphatic rings. The number of nitrogens with zero attached hydrogens (tertiary/aromatic N) is 5. The van der Waals surface area contributed by atoms with Crippen molar-refractivity contribution in [2.24, 2.45) is 5.10 Å². The molecule has 1 aromatic heterocycles. The van der Waals surface area contributed by atoms with Crippen molar-refractivity contribution in [3.8, 4) is 0 Å². The number of nitrogens with one attached hydrogen (secondary N) is 1. The molecule has 0 fully saturated rings. The molecule has 34 heavy (non-hydrogen) atoms. The lowest BCUT2D eigenvalue weighted by Crippen LogP contribution is -2.48. The van der Waals surface area contributed by atoms with Crippen molar-refractivity contribution in [3.05, 3.63) is 65.0 Å². The Bertz CT molecular complexity index is 1050. The molecule has 3 rings (SSSR count). The van der Waals surface area contributed by atoms with E-state index < -0.39 is 23.9 Å². The molecule has 8 nitrogen and oxygen atoms in total. The molecule has 0 bridgehead atoms. The smallest absolute Gasteiger partial charge is 0.334 e. The highest BCUT2D eigenvalue weighted by Gasteiger charge is 2.36. The first-order chi connectivity index (χ1) is 16.0. The Kier molecular flexibility index (Phi) is 7.55. The molecule has 11 heteroatoms. The molecule has 3 amide bonds. The first-order valence-electron chi connectivity index (χ1n) is 10.6. The van der Waals surface area contributed by atoms with Crippen molar-refractivity contribution in [2.75, 3.05) is 34.2 Å². The van der Waals surface area contributed by atoms with E-state index in [-0.39, 0.29) is 25.5 Å². The minimum absolute atomic E-state index is 0.0179. The van der Waals surface area contributed by atoms with Crippen LogP contribution in [0.2, 0.25) is 0 Å². The molecule has 182 valence electrons. The molecule has 0 radical (unpaired) electrons. The summed E-state index contributed by atoms with van der Waals surface area (Å²) in [5, 5.41) is 8.36. The Morgan fingerprint density at radius 3 is 2.35 bits per heavy atom. The third-order valence-corrected chi connectivity index (χ3v) is 5.34. The number of hydrazone groups is 1. The van der Waals surface area contributed by atoms with Crippen molar-refractivity contribution in [2.45, 2.75) is 25.7 Å². The zero-order chi connectivity index (χ0) is 25.0. The van der Waals surface area contributed by atoms with Gasteiger partial charge in [-0.25, -0.2) is 9.80 Å². The second kappa shape index (κ2) is 10.2. The minimum Gasteiger partial charge on any atom is -0.334 e. The Morgan fingerprint density at radius 1 is 1.12 bits per heavy atom. The van der Waals surface area contributed by atoms with Crippen molar-refractivity contribution in [3.63, 3.8) is 0 Å². The van der Waals surface area contributed by atoms with Crippen LogP contribution in [0.15, 0.2) is 47.7 Å². The van der Waals surface area contributed by atoms with E-state index in [1.54, 1.807) is 30.9 Å².